The van der Waals surface area contributed by atoms with E-state index < -0.39 is 8.32 Å². The van der Waals surface area contributed by atoms with Crippen molar-refractivity contribution in [3.8, 4) is 0 Å². The SMILES string of the molecule is CC[Si]([O-])(CC)CC.[K+]. The van der Waals surface area contributed by atoms with Gasteiger partial charge < -0.3 is 4.80 Å². The number of hydrogen-bond acceptors (Lipinski definition) is 1. The van der Waals surface area contributed by atoms with E-state index in [1.807, 2.05) is 20.8 Å². The zero-order valence-electron chi connectivity index (χ0n) is 7.03. The Bertz CT molecular complexity index is 55.8. The van der Waals surface area contributed by atoms with Crippen LogP contribution in [0.1, 0.15) is 20.8 Å². The smallest absolute Gasteiger partial charge is 0.858 e. The quantitative estimate of drug-likeness (QED) is 0.466. The normalized spacial score (nSPS) is 10.7. The Kier molecular flexibility index (Phi) is 9.71. The van der Waals surface area contributed by atoms with E-state index in [1.165, 1.54) is 0 Å². The van der Waals surface area contributed by atoms with Crippen molar-refractivity contribution in [2.45, 2.75) is 38.9 Å². The van der Waals surface area contributed by atoms with Crippen LogP contribution in [0.2, 0.25) is 18.1 Å². The molecule has 0 aliphatic carbocycles. The molecule has 3 heteroatoms. The van der Waals surface area contributed by atoms with Crippen molar-refractivity contribution >= 4 is 8.32 Å². The van der Waals surface area contributed by atoms with Crippen LogP contribution in [-0.4, -0.2) is 8.32 Å². The van der Waals surface area contributed by atoms with Gasteiger partial charge in [-0.2, -0.15) is 0 Å². The zero-order chi connectivity index (χ0) is 6.62. The van der Waals surface area contributed by atoms with Crippen molar-refractivity contribution in [2.24, 2.45) is 0 Å². The zero-order valence-corrected chi connectivity index (χ0v) is 11.2. The molecule has 0 fully saturated rings. The first-order valence-electron chi connectivity index (χ1n) is 3.39. The Morgan fingerprint density at radius 3 is 1.22 bits per heavy atom. The summed E-state index contributed by atoms with van der Waals surface area (Å²) in [6.07, 6.45) is 0. The van der Waals surface area contributed by atoms with E-state index in [4.69, 9.17) is 0 Å². The molecule has 0 radical (unpaired) electrons. The Hall–Kier alpha value is 1.81. The summed E-state index contributed by atoms with van der Waals surface area (Å²) in [4.78, 5) is 11.3. The van der Waals surface area contributed by atoms with E-state index in [9.17, 15) is 4.80 Å². The van der Waals surface area contributed by atoms with Crippen molar-refractivity contribution in [3.05, 3.63) is 0 Å². The first kappa shape index (κ1) is 13.4. The summed E-state index contributed by atoms with van der Waals surface area (Å²) in [5, 5.41) is 0. The molecule has 0 amide bonds. The summed E-state index contributed by atoms with van der Waals surface area (Å²) in [5.41, 5.74) is 0. The van der Waals surface area contributed by atoms with Gasteiger partial charge in [0.05, 0.1) is 0 Å². The van der Waals surface area contributed by atoms with Gasteiger partial charge in [-0.3, -0.25) is 0 Å². The van der Waals surface area contributed by atoms with Crippen molar-refractivity contribution in [2.75, 3.05) is 0 Å². The van der Waals surface area contributed by atoms with E-state index in [-0.39, 0.29) is 51.4 Å². The Labute approximate surface area is 102 Å². The molecule has 0 aromatic carbocycles. The van der Waals surface area contributed by atoms with Crippen LogP contribution >= 0.6 is 0 Å². The molecule has 0 bridgehead atoms. The predicted molar refractivity (Wildman–Crippen MR) is 37.2 cm³/mol. The molecule has 0 rings (SSSR count). The van der Waals surface area contributed by atoms with Crippen molar-refractivity contribution in [1.82, 2.24) is 0 Å². The van der Waals surface area contributed by atoms with Crippen molar-refractivity contribution in [1.29, 1.82) is 0 Å². The van der Waals surface area contributed by atoms with Crippen LogP contribution in [-0.2, 0) is 0 Å². The average Bonchev–Trinajstić information content (AvgIpc) is 1.87. The standard InChI is InChI=1S/C6H15OSi.K/c1-4-8(7,5-2)6-3;/h4-6H2,1-3H3;/q-1;+1. The minimum absolute atomic E-state index is 0. The van der Waals surface area contributed by atoms with Crippen LogP contribution in [0, 0.1) is 0 Å². The summed E-state index contributed by atoms with van der Waals surface area (Å²) < 4.78 is 0. The third-order valence-electron chi connectivity index (χ3n) is 1.93. The molecule has 1 nitrogen and oxygen atoms in total. The Balaban J connectivity index is 0. The van der Waals surface area contributed by atoms with E-state index in [0.29, 0.717) is 0 Å². The van der Waals surface area contributed by atoms with Gasteiger partial charge in [-0.15, -0.1) is 0 Å². The maximum absolute atomic E-state index is 11.3. The first-order chi connectivity index (χ1) is 3.68. The summed E-state index contributed by atoms with van der Waals surface area (Å²) >= 11 is 0. The molecule has 0 aliphatic heterocycles. The number of hydrogen-bond donors (Lipinski definition) is 0. The predicted octanol–water partition coefficient (Wildman–Crippen LogP) is -1.64. The molecular formula is C6H15KOSi. The van der Waals surface area contributed by atoms with Gasteiger partial charge in [-0.25, -0.2) is 0 Å². The van der Waals surface area contributed by atoms with E-state index in [2.05, 4.69) is 0 Å². The fraction of sp³-hybridized carbons (Fsp3) is 1.00. The van der Waals surface area contributed by atoms with Crippen LogP contribution < -0.4 is 56.2 Å². The minimum Gasteiger partial charge on any atom is -0.858 e. The molecule has 0 aromatic rings. The second kappa shape index (κ2) is 6.52. The van der Waals surface area contributed by atoms with Crippen LogP contribution in [0.15, 0.2) is 0 Å². The molecule has 0 atom stereocenters. The molecule has 9 heavy (non-hydrogen) atoms. The van der Waals surface area contributed by atoms with Crippen molar-refractivity contribution in [3.63, 3.8) is 0 Å². The monoisotopic (exact) mass is 170 g/mol. The van der Waals surface area contributed by atoms with Crippen LogP contribution in [0.4, 0.5) is 0 Å². The molecule has 50 valence electrons. The maximum atomic E-state index is 11.3. The van der Waals surface area contributed by atoms with Gasteiger partial charge >= 0.3 is 51.4 Å². The van der Waals surface area contributed by atoms with Gasteiger partial charge in [0.15, 0.2) is 0 Å². The topological polar surface area (TPSA) is 23.1 Å². The summed E-state index contributed by atoms with van der Waals surface area (Å²) in [7, 11) is -1.92. The Morgan fingerprint density at radius 2 is 1.22 bits per heavy atom. The largest absolute Gasteiger partial charge is 1.00 e. The molecule has 0 aliphatic rings. The van der Waals surface area contributed by atoms with Crippen LogP contribution in [0.25, 0.3) is 0 Å². The van der Waals surface area contributed by atoms with E-state index in [1.54, 1.807) is 0 Å². The van der Waals surface area contributed by atoms with Crippen LogP contribution in [0.5, 0.6) is 0 Å². The third-order valence-corrected chi connectivity index (χ3v) is 5.80. The maximum Gasteiger partial charge on any atom is 1.00 e. The molecule has 0 aromatic heterocycles. The molecular weight excluding hydrogens is 155 g/mol. The fourth-order valence-electron chi connectivity index (χ4n) is 0.750. The minimum atomic E-state index is -1.92. The second-order valence-electron chi connectivity index (χ2n) is 2.24. The summed E-state index contributed by atoms with van der Waals surface area (Å²) in [6.45, 7) is 6.06. The fourth-order valence-corrected chi connectivity index (χ4v) is 2.25. The van der Waals surface area contributed by atoms with Gasteiger partial charge in [0.25, 0.3) is 0 Å². The Morgan fingerprint density at radius 1 is 1.00 bits per heavy atom. The van der Waals surface area contributed by atoms with Gasteiger partial charge in [0.2, 0.25) is 0 Å². The van der Waals surface area contributed by atoms with Gasteiger partial charge in [0.1, 0.15) is 0 Å². The van der Waals surface area contributed by atoms with Gasteiger partial charge in [-0.05, 0) is 8.32 Å². The molecule has 0 saturated carbocycles. The first-order valence-corrected chi connectivity index (χ1v) is 5.92. The third kappa shape index (κ3) is 5.12. The second-order valence-corrected chi connectivity index (χ2v) is 6.73. The van der Waals surface area contributed by atoms with Crippen LogP contribution in [0.3, 0.4) is 0 Å². The average molecular weight is 170 g/mol. The van der Waals surface area contributed by atoms with Gasteiger partial charge in [-0.1, -0.05) is 38.9 Å². The molecule has 0 saturated heterocycles. The molecule has 0 unspecified atom stereocenters. The van der Waals surface area contributed by atoms with E-state index in [0.717, 1.165) is 18.1 Å². The number of rotatable bonds is 3. The summed E-state index contributed by atoms with van der Waals surface area (Å²) in [5.74, 6) is 0. The van der Waals surface area contributed by atoms with E-state index >= 15 is 0 Å². The molecule has 0 N–H and O–H groups in total. The van der Waals surface area contributed by atoms with Gasteiger partial charge in [0, 0.05) is 0 Å². The summed E-state index contributed by atoms with van der Waals surface area (Å²) in [6, 6.07) is 2.71. The molecule has 0 spiro atoms. The van der Waals surface area contributed by atoms with Crippen molar-refractivity contribution < 1.29 is 56.2 Å². The molecule has 0 heterocycles.